The molecule has 4 aromatic carbocycles. The van der Waals surface area contributed by atoms with Crippen LogP contribution in [0.25, 0.3) is 0 Å². The van der Waals surface area contributed by atoms with Crippen LogP contribution in [0.5, 0.6) is 0 Å². The van der Waals surface area contributed by atoms with Crippen molar-refractivity contribution in [2.75, 3.05) is 10.6 Å². The molecule has 1 aliphatic rings. The fourth-order valence-electron chi connectivity index (χ4n) is 4.20. The van der Waals surface area contributed by atoms with Crippen LogP contribution < -0.4 is 10.6 Å². The van der Waals surface area contributed by atoms with Gasteiger partial charge in [-0.3, -0.25) is 9.59 Å². The average Bonchev–Trinajstić information content (AvgIpc) is 2.94. The van der Waals surface area contributed by atoms with Gasteiger partial charge in [0.2, 0.25) is 0 Å². The Hall–Kier alpha value is -5.26. The summed E-state index contributed by atoms with van der Waals surface area (Å²) in [5.41, 5.74) is 2.45. The molecular weight excluding hydrogens is 562 g/mol. The maximum absolute atomic E-state index is 13.0. The van der Waals surface area contributed by atoms with E-state index < -0.39 is 24.2 Å². The second kappa shape index (κ2) is 11.0. The minimum atomic E-state index is -5.11. The first kappa shape index (κ1) is 28.3. The van der Waals surface area contributed by atoms with E-state index in [1.54, 1.807) is 60.7 Å². The van der Waals surface area contributed by atoms with Gasteiger partial charge in [0, 0.05) is 33.6 Å². The highest BCUT2D eigenvalue weighted by Gasteiger charge is 2.39. The molecule has 0 fully saturated rings. The fraction of sp³-hybridized carbons (Fsp3) is 0.0667. The average molecular weight is 580 g/mol. The van der Waals surface area contributed by atoms with Gasteiger partial charge < -0.3 is 10.6 Å². The number of alkyl halides is 6. The number of aliphatic imine (C=N–C) groups is 2. The van der Waals surface area contributed by atoms with E-state index in [9.17, 15) is 35.9 Å². The number of amides is 2. The lowest BCUT2D eigenvalue weighted by molar-refractivity contribution is -0.167. The molecule has 42 heavy (non-hydrogen) atoms. The number of anilines is 2. The Bertz CT molecular complexity index is 1600. The smallest absolute Gasteiger partial charge is 0.318 e. The summed E-state index contributed by atoms with van der Waals surface area (Å²) >= 11 is 0. The van der Waals surface area contributed by atoms with Gasteiger partial charge in [-0.05, 0) is 36.4 Å². The molecule has 2 N–H and O–H groups in total. The molecular formula is C30H18F6N4O2. The van der Waals surface area contributed by atoms with E-state index in [0.717, 1.165) is 0 Å². The highest BCUT2D eigenvalue weighted by molar-refractivity contribution is 6.23. The molecule has 6 nitrogen and oxygen atoms in total. The highest BCUT2D eigenvalue weighted by Crippen LogP contribution is 2.36. The Kier molecular flexibility index (Phi) is 7.38. The number of benzene rings is 4. The number of nitrogens with one attached hydrogen (secondary N) is 2. The van der Waals surface area contributed by atoms with Crippen molar-refractivity contribution in [1.29, 1.82) is 0 Å². The van der Waals surface area contributed by atoms with Crippen molar-refractivity contribution in [3.05, 3.63) is 119 Å². The van der Waals surface area contributed by atoms with Gasteiger partial charge in [-0.2, -0.15) is 26.3 Å². The van der Waals surface area contributed by atoms with Crippen LogP contribution in [0.2, 0.25) is 0 Å². The van der Waals surface area contributed by atoms with Crippen LogP contribution in [-0.4, -0.2) is 35.6 Å². The van der Waals surface area contributed by atoms with Gasteiger partial charge in [0.1, 0.15) is 0 Å². The Morgan fingerprint density at radius 3 is 1.21 bits per heavy atom. The predicted octanol–water partition coefficient (Wildman–Crippen LogP) is 7.34. The van der Waals surface area contributed by atoms with Crippen LogP contribution in [0.4, 0.5) is 49.1 Å². The molecule has 5 rings (SSSR count). The molecule has 0 unspecified atom stereocenters. The van der Waals surface area contributed by atoms with Crippen molar-refractivity contribution in [2.24, 2.45) is 9.98 Å². The summed E-state index contributed by atoms with van der Waals surface area (Å²) in [7, 11) is 0. The molecule has 0 spiro atoms. The number of halogens is 6. The molecule has 0 aromatic heterocycles. The fourth-order valence-corrected chi connectivity index (χ4v) is 4.20. The third-order valence-corrected chi connectivity index (χ3v) is 6.09. The number of hydrogen-bond donors (Lipinski definition) is 2. The summed E-state index contributed by atoms with van der Waals surface area (Å²) in [5, 5.41) is 3.68. The summed E-state index contributed by atoms with van der Waals surface area (Å²) in [6.07, 6.45) is -10.2. The van der Waals surface area contributed by atoms with Crippen molar-refractivity contribution < 1.29 is 35.9 Å². The van der Waals surface area contributed by atoms with E-state index in [1.165, 1.54) is 36.4 Å². The largest absolute Gasteiger partial charge is 0.471 e. The molecule has 1 heterocycles. The topological polar surface area (TPSA) is 82.9 Å². The summed E-state index contributed by atoms with van der Waals surface area (Å²) < 4.78 is 77.8. The molecule has 0 atom stereocenters. The monoisotopic (exact) mass is 580 g/mol. The van der Waals surface area contributed by atoms with Crippen molar-refractivity contribution in [3.8, 4) is 0 Å². The third kappa shape index (κ3) is 6.07. The summed E-state index contributed by atoms with van der Waals surface area (Å²) in [5.74, 6) is -4.31. The molecule has 2 amide bonds. The Morgan fingerprint density at radius 2 is 0.881 bits per heavy atom. The zero-order chi connectivity index (χ0) is 30.1. The quantitative estimate of drug-likeness (QED) is 0.218. The molecule has 212 valence electrons. The molecule has 4 aromatic rings. The van der Waals surface area contributed by atoms with E-state index in [1.807, 2.05) is 10.6 Å². The van der Waals surface area contributed by atoms with Crippen LogP contribution in [0, 0.1) is 0 Å². The van der Waals surface area contributed by atoms with Crippen molar-refractivity contribution in [2.45, 2.75) is 12.4 Å². The zero-order valence-electron chi connectivity index (χ0n) is 21.2. The standard InChI is InChI=1S/C30H18F6N4O2/c31-29(32,33)27(41)37-19-11-13-23-21(15-19)25(17-7-3-1-4-8-17)39-24-14-12-20(38-28(42)30(34,35)36)16-22(24)26(40-23)18-9-5-2-6-10-18/h1-16H,(H,37,41)(H,38,42). The van der Waals surface area contributed by atoms with Gasteiger partial charge in [-0.25, -0.2) is 9.98 Å². The first-order chi connectivity index (χ1) is 19.9. The van der Waals surface area contributed by atoms with Crippen LogP contribution >= 0.6 is 0 Å². The number of hydrogen-bond acceptors (Lipinski definition) is 4. The maximum atomic E-state index is 13.0. The number of carbonyl (C=O) groups is 2. The van der Waals surface area contributed by atoms with E-state index in [-0.39, 0.29) is 45.3 Å². The molecule has 0 radical (unpaired) electrons. The van der Waals surface area contributed by atoms with Crippen molar-refractivity contribution >= 4 is 46.0 Å². The van der Waals surface area contributed by atoms with Gasteiger partial charge in [-0.15, -0.1) is 0 Å². The Morgan fingerprint density at radius 1 is 0.524 bits per heavy atom. The predicted molar refractivity (Wildman–Crippen MR) is 146 cm³/mol. The number of fused-ring (bicyclic) bond motifs is 2. The van der Waals surface area contributed by atoms with Crippen molar-refractivity contribution in [1.82, 2.24) is 0 Å². The lowest BCUT2D eigenvalue weighted by Gasteiger charge is -2.20. The molecule has 0 aliphatic carbocycles. The minimum Gasteiger partial charge on any atom is -0.318 e. The second-order valence-corrected chi connectivity index (χ2v) is 9.02. The van der Waals surface area contributed by atoms with Gasteiger partial charge in [0.25, 0.3) is 0 Å². The van der Waals surface area contributed by atoms with Crippen LogP contribution in [-0.2, 0) is 9.59 Å². The number of rotatable bonds is 4. The first-order valence-electron chi connectivity index (χ1n) is 12.2. The summed E-state index contributed by atoms with van der Waals surface area (Å²) in [6, 6.07) is 25.2. The van der Waals surface area contributed by atoms with Gasteiger partial charge in [0.15, 0.2) is 0 Å². The normalized spacial score (nSPS) is 13.0. The maximum Gasteiger partial charge on any atom is 0.471 e. The summed E-state index contributed by atoms with van der Waals surface area (Å²) in [6.45, 7) is 0. The molecule has 0 saturated carbocycles. The molecule has 12 heteroatoms. The van der Waals surface area contributed by atoms with Gasteiger partial charge >= 0.3 is 24.2 Å². The Labute approximate surface area is 234 Å². The highest BCUT2D eigenvalue weighted by atomic mass is 19.4. The zero-order valence-corrected chi connectivity index (χ0v) is 21.2. The van der Waals surface area contributed by atoms with Crippen LogP contribution in [0.3, 0.4) is 0 Å². The molecule has 1 aliphatic heterocycles. The number of carbonyl (C=O) groups excluding carboxylic acids is 2. The first-order valence-corrected chi connectivity index (χ1v) is 12.2. The van der Waals surface area contributed by atoms with Crippen molar-refractivity contribution in [3.63, 3.8) is 0 Å². The SMILES string of the molecule is O=C(Nc1ccc2c(c1)C(c1ccccc1)=Nc1ccc(NC(=O)C(F)(F)F)cc1C(c1ccccc1)=N2)C(F)(F)F. The lowest BCUT2D eigenvalue weighted by atomic mass is 9.95. The van der Waals surface area contributed by atoms with E-state index in [0.29, 0.717) is 11.1 Å². The number of nitrogens with zero attached hydrogens (tertiary/aromatic N) is 2. The summed E-state index contributed by atoms with van der Waals surface area (Å²) in [4.78, 5) is 32.9. The second-order valence-electron chi connectivity index (χ2n) is 9.02. The molecule has 0 saturated heterocycles. The van der Waals surface area contributed by atoms with E-state index in [4.69, 9.17) is 9.98 Å². The lowest BCUT2D eigenvalue weighted by Crippen LogP contribution is -2.30. The van der Waals surface area contributed by atoms with E-state index in [2.05, 4.69) is 0 Å². The minimum absolute atomic E-state index is 0.151. The van der Waals surface area contributed by atoms with E-state index >= 15 is 0 Å². The van der Waals surface area contributed by atoms with Crippen LogP contribution in [0.15, 0.2) is 107 Å². The Balaban J connectivity index is 1.74. The van der Waals surface area contributed by atoms with Gasteiger partial charge in [-0.1, -0.05) is 60.7 Å². The van der Waals surface area contributed by atoms with Crippen LogP contribution in [0.1, 0.15) is 22.3 Å². The third-order valence-electron chi connectivity index (χ3n) is 6.09. The van der Waals surface area contributed by atoms with Gasteiger partial charge in [0.05, 0.1) is 22.8 Å². The molecule has 0 bridgehead atoms.